The molecule has 8 nitrogen and oxygen atoms in total. The van der Waals surface area contributed by atoms with E-state index >= 15 is 0 Å². The van der Waals surface area contributed by atoms with Crippen molar-refractivity contribution in [1.29, 1.82) is 0 Å². The van der Waals surface area contributed by atoms with Crippen LogP contribution in [0.15, 0.2) is 41.3 Å². The van der Waals surface area contributed by atoms with Gasteiger partial charge in [-0.25, -0.2) is 12.8 Å². The maximum atomic E-state index is 13.6. The van der Waals surface area contributed by atoms with Gasteiger partial charge in [-0.15, -0.1) is 0 Å². The molecule has 0 aromatic heterocycles. The summed E-state index contributed by atoms with van der Waals surface area (Å²) in [6.45, 7) is 0.577. The fourth-order valence-electron chi connectivity index (χ4n) is 2.53. The Morgan fingerprint density at radius 1 is 1.30 bits per heavy atom. The summed E-state index contributed by atoms with van der Waals surface area (Å²) in [7, 11) is -4.10. The standard InChI is InChI=1S/C17H15FN2O6S/c1-10-2-3-11(6-13(10)18)19-27(24,25)12-4-5-15-14(7-12)20(8-17(22)23)16(21)9-26-15/h2-7,19H,8-9H2,1H3,(H,22,23). The number of carboxylic acid groups (broad SMARTS) is 1. The highest BCUT2D eigenvalue weighted by atomic mass is 32.2. The van der Waals surface area contributed by atoms with Crippen LogP contribution >= 0.6 is 0 Å². The van der Waals surface area contributed by atoms with E-state index in [1.807, 2.05) is 0 Å². The van der Waals surface area contributed by atoms with Gasteiger partial charge in [-0.3, -0.25) is 19.2 Å². The molecule has 0 spiro atoms. The summed E-state index contributed by atoms with van der Waals surface area (Å²) in [6.07, 6.45) is 0. The lowest BCUT2D eigenvalue weighted by Crippen LogP contribution is -2.42. The van der Waals surface area contributed by atoms with Crippen molar-refractivity contribution < 1.29 is 32.2 Å². The molecule has 3 rings (SSSR count). The SMILES string of the molecule is Cc1ccc(NS(=O)(=O)c2ccc3c(c2)N(CC(=O)O)C(=O)CO3)cc1F. The summed E-state index contributed by atoms with van der Waals surface area (Å²) in [5, 5.41) is 8.98. The van der Waals surface area contributed by atoms with Crippen LogP contribution in [0, 0.1) is 12.7 Å². The number of hydrogen-bond acceptors (Lipinski definition) is 5. The molecule has 2 N–H and O–H groups in total. The van der Waals surface area contributed by atoms with Gasteiger partial charge in [0.1, 0.15) is 18.1 Å². The first-order valence-corrected chi connectivity index (χ1v) is 9.23. The van der Waals surface area contributed by atoms with Crippen molar-refractivity contribution in [3.63, 3.8) is 0 Å². The number of ether oxygens (including phenoxy) is 1. The summed E-state index contributed by atoms with van der Waals surface area (Å²) in [5.41, 5.74) is 0.434. The summed E-state index contributed by atoms with van der Waals surface area (Å²) in [6, 6.07) is 7.62. The molecular formula is C17H15FN2O6S. The molecule has 1 aliphatic heterocycles. The summed E-state index contributed by atoms with van der Waals surface area (Å²) >= 11 is 0. The highest BCUT2D eigenvalue weighted by molar-refractivity contribution is 7.92. The Morgan fingerprint density at radius 3 is 2.70 bits per heavy atom. The molecule has 0 saturated heterocycles. The monoisotopic (exact) mass is 394 g/mol. The molecule has 0 radical (unpaired) electrons. The van der Waals surface area contributed by atoms with Crippen molar-refractivity contribution in [3.8, 4) is 5.75 Å². The molecular weight excluding hydrogens is 379 g/mol. The number of carboxylic acids is 1. The number of sulfonamides is 1. The highest BCUT2D eigenvalue weighted by Gasteiger charge is 2.29. The van der Waals surface area contributed by atoms with Gasteiger partial charge in [-0.2, -0.15) is 0 Å². The van der Waals surface area contributed by atoms with Crippen molar-refractivity contribution >= 4 is 33.3 Å². The van der Waals surface area contributed by atoms with Crippen LogP contribution in [-0.4, -0.2) is 38.6 Å². The second-order valence-corrected chi connectivity index (χ2v) is 7.54. The number of nitrogens with one attached hydrogen (secondary N) is 1. The van der Waals surface area contributed by atoms with Gasteiger partial charge in [-0.1, -0.05) is 6.07 Å². The normalized spacial score (nSPS) is 13.7. The number of carbonyl (C=O) groups excluding carboxylic acids is 1. The van der Waals surface area contributed by atoms with Gasteiger partial charge in [0.15, 0.2) is 6.61 Å². The highest BCUT2D eigenvalue weighted by Crippen LogP contribution is 2.34. The van der Waals surface area contributed by atoms with E-state index in [0.717, 1.165) is 17.0 Å². The first-order valence-electron chi connectivity index (χ1n) is 7.75. The average molecular weight is 394 g/mol. The molecule has 2 aromatic rings. The zero-order valence-corrected chi connectivity index (χ0v) is 14.9. The first-order chi connectivity index (χ1) is 12.7. The predicted octanol–water partition coefficient (Wildman–Crippen LogP) is 1.74. The largest absolute Gasteiger partial charge is 0.482 e. The van der Waals surface area contributed by atoms with Gasteiger partial charge >= 0.3 is 5.97 Å². The molecule has 27 heavy (non-hydrogen) atoms. The minimum absolute atomic E-state index is 0.0329. The lowest BCUT2D eigenvalue weighted by atomic mass is 10.2. The van der Waals surface area contributed by atoms with Crippen molar-refractivity contribution in [1.82, 2.24) is 0 Å². The van der Waals surface area contributed by atoms with E-state index in [4.69, 9.17) is 9.84 Å². The molecule has 0 unspecified atom stereocenters. The molecule has 0 saturated carbocycles. The molecule has 0 atom stereocenters. The van der Waals surface area contributed by atoms with Gasteiger partial charge in [0.2, 0.25) is 0 Å². The van der Waals surface area contributed by atoms with E-state index in [9.17, 15) is 22.4 Å². The minimum atomic E-state index is -4.10. The molecule has 0 fully saturated rings. The number of anilines is 2. The number of carbonyl (C=O) groups is 2. The van der Waals surface area contributed by atoms with Crippen LogP contribution < -0.4 is 14.4 Å². The van der Waals surface area contributed by atoms with Crippen molar-refractivity contribution in [2.75, 3.05) is 22.8 Å². The molecule has 0 aliphatic carbocycles. The van der Waals surface area contributed by atoms with E-state index in [1.54, 1.807) is 6.92 Å². The van der Waals surface area contributed by atoms with Crippen LogP contribution in [0.25, 0.3) is 0 Å². The predicted molar refractivity (Wildman–Crippen MR) is 93.9 cm³/mol. The van der Waals surface area contributed by atoms with Crippen molar-refractivity contribution in [2.24, 2.45) is 0 Å². The summed E-state index contributed by atoms with van der Waals surface area (Å²) in [4.78, 5) is 23.7. The lowest BCUT2D eigenvalue weighted by Gasteiger charge is -2.28. The van der Waals surface area contributed by atoms with Crippen LogP contribution in [0.2, 0.25) is 0 Å². The average Bonchev–Trinajstić information content (AvgIpc) is 2.60. The molecule has 1 aliphatic rings. The zero-order chi connectivity index (χ0) is 19.8. The summed E-state index contributed by atoms with van der Waals surface area (Å²) < 4.78 is 46.3. The molecule has 10 heteroatoms. The third-order valence-corrected chi connectivity index (χ3v) is 5.28. The third kappa shape index (κ3) is 3.85. The van der Waals surface area contributed by atoms with Gasteiger partial charge < -0.3 is 9.84 Å². The maximum Gasteiger partial charge on any atom is 0.323 e. The Bertz CT molecular complexity index is 1040. The van der Waals surface area contributed by atoms with Crippen molar-refractivity contribution in [3.05, 3.63) is 47.8 Å². The van der Waals surface area contributed by atoms with Crippen LogP contribution in [0.1, 0.15) is 5.56 Å². The smallest absolute Gasteiger partial charge is 0.323 e. The second kappa shape index (κ2) is 6.88. The van der Waals surface area contributed by atoms with Crippen LogP contribution in [0.3, 0.4) is 0 Å². The number of nitrogens with zero attached hydrogens (tertiary/aromatic N) is 1. The zero-order valence-electron chi connectivity index (χ0n) is 14.1. The number of aliphatic carboxylic acids is 1. The van der Waals surface area contributed by atoms with Gasteiger partial charge in [0, 0.05) is 0 Å². The molecule has 1 heterocycles. The number of halogens is 1. The van der Waals surface area contributed by atoms with Gasteiger partial charge in [-0.05, 0) is 42.8 Å². The van der Waals surface area contributed by atoms with E-state index in [-0.39, 0.29) is 28.6 Å². The van der Waals surface area contributed by atoms with Gasteiger partial charge in [0.05, 0.1) is 16.3 Å². The van der Waals surface area contributed by atoms with E-state index in [1.165, 1.54) is 24.3 Å². The van der Waals surface area contributed by atoms with E-state index in [0.29, 0.717) is 5.56 Å². The van der Waals surface area contributed by atoms with Gasteiger partial charge in [0.25, 0.3) is 15.9 Å². The quantitative estimate of drug-likeness (QED) is 0.799. The number of rotatable bonds is 5. The van der Waals surface area contributed by atoms with E-state index < -0.39 is 34.3 Å². The lowest BCUT2D eigenvalue weighted by molar-refractivity contribution is -0.137. The van der Waals surface area contributed by atoms with Crippen molar-refractivity contribution in [2.45, 2.75) is 11.8 Å². The topological polar surface area (TPSA) is 113 Å². The maximum absolute atomic E-state index is 13.6. The second-order valence-electron chi connectivity index (χ2n) is 5.86. The Balaban J connectivity index is 1.97. The number of hydrogen-bond donors (Lipinski definition) is 2. The summed E-state index contributed by atoms with van der Waals surface area (Å²) in [5.74, 6) is -2.23. The van der Waals surface area contributed by atoms with Crippen LogP contribution in [0.4, 0.5) is 15.8 Å². The fraction of sp³-hybridized carbons (Fsp3) is 0.176. The Labute approximate surface area is 154 Å². The molecule has 2 aromatic carbocycles. The molecule has 142 valence electrons. The Hall–Kier alpha value is -3.14. The number of benzene rings is 2. The number of aryl methyl sites for hydroxylation is 1. The Morgan fingerprint density at radius 2 is 2.04 bits per heavy atom. The minimum Gasteiger partial charge on any atom is -0.482 e. The number of amides is 1. The van der Waals surface area contributed by atoms with E-state index in [2.05, 4.69) is 4.72 Å². The van der Waals surface area contributed by atoms with Crippen LogP contribution in [0.5, 0.6) is 5.75 Å². The molecule has 1 amide bonds. The molecule has 0 bridgehead atoms. The first kappa shape index (κ1) is 18.6. The third-order valence-electron chi connectivity index (χ3n) is 3.90. The number of fused-ring (bicyclic) bond motifs is 1. The van der Waals surface area contributed by atoms with Crippen LogP contribution in [-0.2, 0) is 19.6 Å². The fourth-order valence-corrected chi connectivity index (χ4v) is 3.60. The Kier molecular flexibility index (Phi) is 4.75.